The van der Waals surface area contributed by atoms with E-state index >= 15 is 0 Å². The maximum absolute atomic E-state index is 13.4. The molecule has 0 aliphatic carbocycles. The molecule has 3 aromatic rings. The fourth-order valence-corrected chi connectivity index (χ4v) is 3.46. The van der Waals surface area contributed by atoms with Gasteiger partial charge in [-0.15, -0.1) is 0 Å². The second kappa shape index (κ2) is 8.05. The van der Waals surface area contributed by atoms with Crippen molar-refractivity contribution in [3.05, 3.63) is 100 Å². The number of ether oxygens (including phenoxy) is 1. The topological polar surface area (TPSA) is 55.4 Å². The van der Waals surface area contributed by atoms with Gasteiger partial charge in [-0.1, -0.05) is 54.1 Å². The minimum Gasteiger partial charge on any atom is -0.479 e. The zero-order chi connectivity index (χ0) is 20.4. The van der Waals surface area contributed by atoms with Crippen molar-refractivity contribution in [3.63, 3.8) is 0 Å². The smallest absolute Gasteiger partial charge is 0.262 e. The number of ketones is 1. The van der Waals surface area contributed by atoms with E-state index in [0.717, 1.165) is 17.2 Å². The molecule has 29 heavy (non-hydrogen) atoms. The highest BCUT2D eigenvalue weighted by atomic mass is 35.5. The average molecular weight is 410 g/mol. The minimum absolute atomic E-state index is 0.148. The molecule has 0 saturated heterocycles. The minimum atomic E-state index is -0.987. The Hall–Kier alpha value is -3.18. The van der Waals surface area contributed by atoms with Crippen LogP contribution in [0.1, 0.15) is 33.9 Å². The van der Waals surface area contributed by atoms with E-state index in [-0.39, 0.29) is 23.5 Å². The van der Waals surface area contributed by atoms with Gasteiger partial charge in [-0.2, -0.15) is 0 Å². The normalized spacial score (nSPS) is 16.5. The molecule has 1 aliphatic heterocycles. The molecule has 3 aromatic carbocycles. The Kier molecular flexibility index (Phi) is 5.32. The van der Waals surface area contributed by atoms with Crippen LogP contribution in [0.4, 0.5) is 4.39 Å². The summed E-state index contributed by atoms with van der Waals surface area (Å²) in [4.78, 5) is 25.3. The lowest BCUT2D eigenvalue weighted by Gasteiger charge is -2.27. The predicted octanol–water partition coefficient (Wildman–Crippen LogP) is 4.72. The Balaban J connectivity index is 1.59. The Labute approximate surface area is 172 Å². The van der Waals surface area contributed by atoms with E-state index in [2.05, 4.69) is 5.32 Å². The van der Waals surface area contributed by atoms with Crippen molar-refractivity contribution < 1.29 is 18.7 Å². The Morgan fingerprint density at radius 2 is 1.72 bits per heavy atom. The van der Waals surface area contributed by atoms with Crippen molar-refractivity contribution in [1.82, 2.24) is 5.32 Å². The number of halogens is 2. The molecule has 6 heteroatoms. The van der Waals surface area contributed by atoms with Crippen LogP contribution in [-0.2, 0) is 4.79 Å². The Morgan fingerprint density at radius 3 is 2.45 bits per heavy atom. The van der Waals surface area contributed by atoms with Gasteiger partial charge in [-0.3, -0.25) is 9.59 Å². The monoisotopic (exact) mass is 409 g/mol. The highest BCUT2D eigenvalue weighted by molar-refractivity contribution is 6.30. The molecule has 0 aromatic heterocycles. The molecule has 1 unspecified atom stereocenters. The van der Waals surface area contributed by atoms with E-state index in [1.165, 1.54) is 12.1 Å². The molecule has 2 atom stereocenters. The number of carbonyl (C=O) groups excluding carboxylic acids is 2. The Morgan fingerprint density at radius 1 is 1.03 bits per heavy atom. The van der Waals surface area contributed by atoms with Crippen molar-refractivity contribution in [2.45, 2.75) is 18.6 Å². The van der Waals surface area contributed by atoms with Crippen LogP contribution in [0.15, 0.2) is 72.8 Å². The zero-order valence-corrected chi connectivity index (χ0v) is 16.0. The Bertz CT molecular complexity index is 1050. The number of carbonyl (C=O) groups is 2. The second-order valence-corrected chi connectivity index (χ2v) is 7.21. The van der Waals surface area contributed by atoms with Crippen molar-refractivity contribution in [2.24, 2.45) is 0 Å². The molecule has 146 valence electrons. The van der Waals surface area contributed by atoms with Crippen molar-refractivity contribution in [2.75, 3.05) is 0 Å². The number of hydrogen-bond acceptors (Lipinski definition) is 3. The fraction of sp³-hybridized carbons (Fsp3) is 0.130. The van der Waals surface area contributed by atoms with Crippen LogP contribution >= 0.6 is 11.6 Å². The van der Waals surface area contributed by atoms with Crippen molar-refractivity contribution in [3.8, 4) is 5.75 Å². The van der Waals surface area contributed by atoms with Gasteiger partial charge in [0.05, 0.1) is 18.0 Å². The largest absolute Gasteiger partial charge is 0.479 e. The van der Waals surface area contributed by atoms with Gasteiger partial charge in [0.2, 0.25) is 0 Å². The molecule has 4 nitrogen and oxygen atoms in total. The summed E-state index contributed by atoms with van der Waals surface area (Å²) in [7, 11) is 0. The molecule has 4 rings (SSSR count). The number of fused-ring (bicyclic) bond motifs is 1. The van der Waals surface area contributed by atoms with E-state index in [1.54, 1.807) is 12.1 Å². The van der Waals surface area contributed by atoms with E-state index in [1.807, 2.05) is 42.5 Å². The van der Waals surface area contributed by atoms with Gasteiger partial charge in [0.1, 0.15) is 11.6 Å². The van der Waals surface area contributed by atoms with Gasteiger partial charge in [-0.25, -0.2) is 4.39 Å². The van der Waals surface area contributed by atoms with Crippen LogP contribution in [0, 0.1) is 5.82 Å². The molecule has 0 radical (unpaired) electrons. The summed E-state index contributed by atoms with van der Waals surface area (Å²) in [5.41, 5.74) is 1.89. The third-order valence-electron chi connectivity index (χ3n) is 4.80. The molecule has 0 saturated carbocycles. The van der Waals surface area contributed by atoms with Gasteiger partial charge >= 0.3 is 0 Å². The van der Waals surface area contributed by atoms with Crippen LogP contribution in [-0.4, -0.2) is 17.8 Å². The zero-order valence-electron chi connectivity index (χ0n) is 15.3. The third-order valence-corrected chi connectivity index (χ3v) is 5.05. The maximum Gasteiger partial charge on any atom is 0.262 e. The van der Waals surface area contributed by atoms with E-state index < -0.39 is 23.9 Å². The lowest BCUT2D eigenvalue weighted by Crippen LogP contribution is -2.43. The molecule has 1 aliphatic rings. The quantitative estimate of drug-likeness (QED) is 0.678. The summed E-state index contributed by atoms with van der Waals surface area (Å²) in [6, 6.07) is 19.9. The number of rotatable bonds is 4. The first-order valence-electron chi connectivity index (χ1n) is 9.11. The summed E-state index contributed by atoms with van der Waals surface area (Å²) < 4.78 is 19.1. The molecule has 1 N–H and O–H groups in total. The third kappa shape index (κ3) is 4.15. The highest BCUT2D eigenvalue weighted by Crippen LogP contribution is 2.29. The van der Waals surface area contributed by atoms with Crippen LogP contribution in [0.5, 0.6) is 5.75 Å². The van der Waals surface area contributed by atoms with Gasteiger partial charge in [0.25, 0.3) is 5.91 Å². The SMILES string of the molecule is O=C1C[C@H](C(=O)NC(c2ccccc2)c2ccc(Cl)cc2)Oc2ccc(F)cc21. The summed E-state index contributed by atoms with van der Waals surface area (Å²) >= 11 is 5.99. The maximum atomic E-state index is 13.4. The van der Waals surface area contributed by atoms with Crippen molar-refractivity contribution in [1.29, 1.82) is 0 Å². The van der Waals surface area contributed by atoms with Crippen LogP contribution < -0.4 is 10.1 Å². The summed E-state index contributed by atoms with van der Waals surface area (Å²) in [6.07, 6.45) is -1.14. The number of hydrogen-bond donors (Lipinski definition) is 1. The summed E-state index contributed by atoms with van der Waals surface area (Å²) in [5.74, 6) is -1.05. The van der Waals surface area contributed by atoms with Gasteiger partial charge in [0.15, 0.2) is 11.9 Å². The van der Waals surface area contributed by atoms with E-state index in [0.29, 0.717) is 5.02 Å². The first-order chi connectivity index (χ1) is 14.0. The fourth-order valence-electron chi connectivity index (χ4n) is 3.34. The van der Waals surface area contributed by atoms with Crippen LogP contribution in [0.2, 0.25) is 5.02 Å². The molecule has 0 fully saturated rings. The molecular weight excluding hydrogens is 393 g/mol. The number of nitrogens with one attached hydrogen (secondary N) is 1. The number of Topliss-reactive ketones (excluding diaryl/α,β-unsaturated/α-hetero) is 1. The van der Waals surface area contributed by atoms with E-state index in [9.17, 15) is 14.0 Å². The van der Waals surface area contributed by atoms with Gasteiger partial charge in [-0.05, 0) is 41.5 Å². The number of amides is 1. The van der Waals surface area contributed by atoms with Crippen LogP contribution in [0.3, 0.4) is 0 Å². The summed E-state index contributed by atoms with van der Waals surface area (Å²) in [5, 5.41) is 3.56. The lowest BCUT2D eigenvalue weighted by atomic mass is 9.97. The second-order valence-electron chi connectivity index (χ2n) is 6.78. The van der Waals surface area contributed by atoms with Crippen LogP contribution in [0.25, 0.3) is 0 Å². The van der Waals surface area contributed by atoms with Gasteiger partial charge in [0, 0.05) is 5.02 Å². The van der Waals surface area contributed by atoms with Gasteiger partial charge < -0.3 is 10.1 Å². The van der Waals surface area contributed by atoms with E-state index in [4.69, 9.17) is 16.3 Å². The first kappa shape index (κ1) is 19.2. The number of benzene rings is 3. The molecular formula is C23H17ClFNO3. The van der Waals surface area contributed by atoms with Crippen molar-refractivity contribution >= 4 is 23.3 Å². The first-order valence-corrected chi connectivity index (χ1v) is 9.49. The highest BCUT2D eigenvalue weighted by Gasteiger charge is 2.33. The summed E-state index contributed by atoms with van der Waals surface area (Å²) in [6.45, 7) is 0. The standard InChI is InChI=1S/C23H17ClFNO3/c24-16-8-6-15(7-9-16)22(14-4-2-1-3-5-14)26-23(28)21-13-19(27)18-12-17(25)10-11-20(18)29-21/h1-12,21-22H,13H2,(H,26,28)/t21-,22?/m1/s1. The molecule has 0 bridgehead atoms. The average Bonchev–Trinajstić information content (AvgIpc) is 2.73. The molecule has 1 amide bonds. The predicted molar refractivity (Wildman–Crippen MR) is 108 cm³/mol. The molecule has 1 heterocycles. The molecule has 0 spiro atoms. The lowest BCUT2D eigenvalue weighted by molar-refractivity contribution is -0.128.